The lowest BCUT2D eigenvalue weighted by atomic mass is 10.2. The lowest BCUT2D eigenvalue weighted by molar-refractivity contribution is -0.800. The zero-order valence-corrected chi connectivity index (χ0v) is 11.2. The van der Waals surface area contributed by atoms with Gasteiger partial charge in [0.2, 0.25) is 0 Å². The standard InChI is InChI=1S/C12H18N3O2S/c16-12(15(17)7-9-18-10-8-15)3-1-2-5-14-6-4-13-11-14/h6,11H,1-3,5,7-10H2. The van der Waals surface area contributed by atoms with Crippen LogP contribution >= 0.6 is 11.8 Å². The Kier molecular flexibility index (Phi) is 4.79. The molecule has 1 amide bonds. The van der Waals surface area contributed by atoms with Crippen LogP contribution in [0.3, 0.4) is 0 Å². The summed E-state index contributed by atoms with van der Waals surface area (Å²) in [6, 6.07) is 0. The Labute approximate surface area is 111 Å². The number of hydrogen-bond donors (Lipinski definition) is 0. The Bertz CT molecular complexity index is 375. The second-order valence-corrected chi connectivity index (χ2v) is 5.77. The summed E-state index contributed by atoms with van der Waals surface area (Å²) in [6.45, 7) is 1.72. The molecule has 0 bridgehead atoms. The summed E-state index contributed by atoms with van der Waals surface area (Å²) < 4.78 is 1.33. The highest BCUT2D eigenvalue weighted by Crippen LogP contribution is 2.19. The number of rotatable bonds is 5. The predicted octanol–water partition coefficient (Wildman–Crippen LogP) is 1.44. The van der Waals surface area contributed by atoms with Crippen molar-refractivity contribution in [1.82, 2.24) is 9.55 Å². The van der Waals surface area contributed by atoms with Crippen LogP contribution in [0, 0.1) is 11.4 Å². The fourth-order valence-corrected chi connectivity index (χ4v) is 3.08. The number of hydrogen-bond acceptors (Lipinski definition) is 4. The largest absolute Gasteiger partial charge is 0.625 e. The second kappa shape index (κ2) is 6.36. The van der Waals surface area contributed by atoms with Crippen molar-refractivity contribution in [3.8, 4) is 0 Å². The summed E-state index contributed by atoms with van der Waals surface area (Å²) in [5.74, 6) is 1.47. The van der Waals surface area contributed by atoms with Crippen molar-refractivity contribution < 1.29 is 9.44 Å². The summed E-state index contributed by atoms with van der Waals surface area (Å²) in [5, 5.41) is 12.2. The molecule has 99 valence electrons. The van der Waals surface area contributed by atoms with Gasteiger partial charge >= 0.3 is 5.91 Å². The van der Waals surface area contributed by atoms with Crippen molar-refractivity contribution in [1.29, 1.82) is 0 Å². The van der Waals surface area contributed by atoms with E-state index in [2.05, 4.69) is 11.2 Å². The van der Waals surface area contributed by atoms with E-state index in [1.54, 1.807) is 24.3 Å². The van der Waals surface area contributed by atoms with Gasteiger partial charge in [-0.3, -0.25) is 4.65 Å². The molecule has 1 aliphatic heterocycles. The molecule has 0 atom stereocenters. The number of amides is 1. The number of aromatic nitrogens is 2. The molecular weight excluding hydrogens is 250 g/mol. The van der Waals surface area contributed by atoms with Crippen LogP contribution in [0.1, 0.15) is 19.3 Å². The number of aryl methyl sites for hydroxylation is 1. The molecule has 5 nitrogen and oxygen atoms in total. The first-order valence-electron chi connectivity index (χ1n) is 6.28. The van der Waals surface area contributed by atoms with E-state index in [0.29, 0.717) is 19.5 Å². The molecule has 1 aliphatic rings. The van der Waals surface area contributed by atoms with Gasteiger partial charge in [0.25, 0.3) is 0 Å². The molecule has 1 saturated heterocycles. The SMILES string of the molecule is O=C(CCCCn1c[c]nc1)[N+]1([O-])CCSCC1. The van der Waals surface area contributed by atoms with Crippen molar-refractivity contribution in [2.24, 2.45) is 0 Å². The first kappa shape index (κ1) is 13.6. The van der Waals surface area contributed by atoms with Gasteiger partial charge in [0, 0.05) is 24.2 Å². The first-order chi connectivity index (χ1) is 8.71. The van der Waals surface area contributed by atoms with Gasteiger partial charge in [0.05, 0.1) is 25.8 Å². The van der Waals surface area contributed by atoms with Gasteiger partial charge < -0.3 is 9.77 Å². The monoisotopic (exact) mass is 268 g/mol. The van der Waals surface area contributed by atoms with E-state index >= 15 is 0 Å². The Hall–Kier alpha value is -0.850. The molecule has 2 rings (SSSR count). The number of thioether (sulfide) groups is 1. The quantitative estimate of drug-likeness (QED) is 0.460. The molecule has 0 aliphatic carbocycles. The van der Waals surface area contributed by atoms with Crippen LogP contribution in [-0.4, -0.2) is 44.7 Å². The van der Waals surface area contributed by atoms with E-state index in [-0.39, 0.29) is 5.91 Å². The van der Waals surface area contributed by atoms with Gasteiger partial charge in [-0.2, -0.15) is 11.8 Å². The van der Waals surface area contributed by atoms with E-state index < -0.39 is 4.65 Å². The highest BCUT2D eigenvalue weighted by atomic mass is 32.2. The first-order valence-corrected chi connectivity index (χ1v) is 7.43. The van der Waals surface area contributed by atoms with E-state index in [4.69, 9.17) is 0 Å². The molecule has 18 heavy (non-hydrogen) atoms. The third-order valence-electron chi connectivity index (χ3n) is 3.21. The second-order valence-electron chi connectivity index (χ2n) is 4.54. The van der Waals surface area contributed by atoms with Crippen molar-refractivity contribution in [2.75, 3.05) is 24.6 Å². The normalized spacial score (nSPS) is 18.7. The maximum Gasteiger partial charge on any atom is 0.313 e. The Morgan fingerprint density at radius 2 is 2.22 bits per heavy atom. The summed E-state index contributed by atoms with van der Waals surface area (Å²) in [5.41, 5.74) is 0. The minimum Gasteiger partial charge on any atom is -0.625 e. The minimum absolute atomic E-state index is 0.146. The number of unbranched alkanes of at least 4 members (excludes halogenated alkanes) is 1. The molecular formula is C12H18N3O2S. The zero-order valence-electron chi connectivity index (χ0n) is 10.4. The predicted molar refractivity (Wildman–Crippen MR) is 70.6 cm³/mol. The van der Waals surface area contributed by atoms with Gasteiger partial charge in [0.1, 0.15) is 6.20 Å². The molecule has 0 unspecified atom stereocenters. The van der Waals surface area contributed by atoms with Crippen LogP contribution in [0.2, 0.25) is 0 Å². The Morgan fingerprint density at radius 3 is 2.89 bits per heavy atom. The molecule has 1 radical (unpaired) electrons. The van der Waals surface area contributed by atoms with E-state index in [0.717, 1.165) is 30.9 Å². The number of carbonyl (C=O) groups is 1. The van der Waals surface area contributed by atoms with Crippen LogP contribution in [0.25, 0.3) is 0 Å². The van der Waals surface area contributed by atoms with Crippen LogP contribution < -0.4 is 0 Å². The van der Waals surface area contributed by atoms with Crippen LogP contribution in [0.5, 0.6) is 0 Å². The van der Waals surface area contributed by atoms with Crippen LogP contribution in [0.15, 0.2) is 12.5 Å². The maximum absolute atomic E-state index is 12.2. The third kappa shape index (κ3) is 3.57. The number of hydroxylamine groups is 3. The van der Waals surface area contributed by atoms with Gasteiger partial charge in [-0.1, -0.05) is 0 Å². The third-order valence-corrected chi connectivity index (χ3v) is 4.15. The Balaban J connectivity index is 1.68. The van der Waals surface area contributed by atoms with Gasteiger partial charge in [-0.15, -0.1) is 0 Å². The summed E-state index contributed by atoms with van der Waals surface area (Å²) in [6.07, 6.45) is 8.28. The zero-order chi connectivity index (χ0) is 12.8. The molecule has 1 aromatic rings. The lowest BCUT2D eigenvalue weighted by Gasteiger charge is -2.42. The lowest BCUT2D eigenvalue weighted by Crippen LogP contribution is -2.52. The molecule has 0 N–H and O–H groups in total. The van der Waals surface area contributed by atoms with Crippen LogP contribution in [-0.2, 0) is 11.3 Å². The smallest absolute Gasteiger partial charge is 0.313 e. The van der Waals surface area contributed by atoms with E-state index in [9.17, 15) is 10.0 Å². The minimum atomic E-state index is -0.605. The van der Waals surface area contributed by atoms with Crippen molar-refractivity contribution in [2.45, 2.75) is 25.8 Å². The fraction of sp³-hybridized carbons (Fsp3) is 0.667. The van der Waals surface area contributed by atoms with E-state index in [1.807, 2.05) is 4.57 Å². The average Bonchev–Trinajstić information content (AvgIpc) is 2.88. The molecule has 2 heterocycles. The molecule has 1 aromatic heterocycles. The highest BCUT2D eigenvalue weighted by Gasteiger charge is 2.28. The molecule has 0 aromatic carbocycles. The molecule has 6 heteroatoms. The number of imidazole rings is 1. The van der Waals surface area contributed by atoms with Crippen molar-refractivity contribution in [3.05, 3.63) is 23.9 Å². The number of nitrogens with zero attached hydrogens (tertiary/aromatic N) is 3. The van der Waals surface area contributed by atoms with Crippen molar-refractivity contribution >= 4 is 17.7 Å². The van der Waals surface area contributed by atoms with Gasteiger partial charge in [0.15, 0.2) is 0 Å². The fourth-order valence-electron chi connectivity index (χ4n) is 2.03. The van der Waals surface area contributed by atoms with Gasteiger partial charge in [-0.05, 0) is 12.8 Å². The molecule has 1 fully saturated rings. The average molecular weight is 268 g/mol. The highest BCUT2D eigenvalue weighted by molar-refractivity contribution is 7.99. The summed E-state index contributed by atoms with van der Waals surface area (Å²) in [7, 11) is 0. The Morgan fingerprint density at radius 1 is 1.44 bits per heavy atom. The van der Waals surface area contributed by atoms with Crippen molar-refractivity contribution in [3.63, 3.8) is 0 Å². The molecule has 0 spiro atoms. The van der Waals surface area contributed by atoms with Crippen LogP contribution in [0.4, 0.5) is 0 Å². The topological polar surface area (TPSA) is 58.0 Å². The van der Waals surface area contributed by atoms with Gasteiger partial charge in [-0.25, -0.2) is 9.78 Å². The van der Waals surface area contributed by atoms with E-state index in [1.165, 1.54) is 0 Å². The maximum atomic E-state index is 12.2. The summed E-state index contributed by atoms with van der Waals surface area (Å²) >= 11 is 1.76. The molecule has 0 saturated carbocycles. The number of carbonyl (C=O) groups excluding carboxylic acids is 1. The number of quaternary nitrogens is 1. The summed E-state index contributed by atoms with van der Waals surface area (Å²) in [4.78, 5) is 15.7.